The minimum Gasteiger partial charge on any atom is -0.347 e. The Kier molecular flexibility index (Phi) is 7.05. The molecule has 0 aliphatic heterocycles. The lowest BCUT2D eigenvalue weighted by Crippen LogP contribution is -2.26. The zero-order valence-electron chi connectivity index (χ0n) is 15.8. The number of carbonyl (C=O) groups is 1. The predicted molar refractivity (Wildman–Crippen MR) is 116 cm³/mol. The summed E-state index contributed by atoms with van der Waals surface area (Å²) in [6, 6.07) is 28.8. The Morgan fingerprint density at radius 3 is 2.24 bits per heavy atom. The molecule has 1 amide bonds. The van der Waals surface area contributed by atoms with E-state index in [0.717, 1.165) is 16.8 Å². The van der Waals surface area contributed by atoms with E-state index in [1.807, 2.05) is 89.8 Å². The van der Waals surface area contributed by atoms with Gasteiger partial charge in [-0.05, 0) is 29.3 Å². The molecule has 144 valence electrons. The van der Waals surface area contributed by atoms with Gasteiger partial charge in [-0.1, -0.05) is 78.3 Å². The first-order valence-electron chi connectivity index (χ1n) is 9.16. The van der Waals surface area contributed by atoms with Crippen LogP contribution in [-0.2, 0) is 17.9 Å². The zero-order valence-corrected chi connectivity index (χ0v) is 16.5. The summed E-state index contributed by atoms with van der Waals surface area (Å²) in [7, 11) is 0. The molecule has 0 fully saturated rings. The number of carbonyl (C=O) groups excluding carboxylic acids is 1. The van der Waals surface area contributed by atoms with E-state index < -0.39 is 5.91 Å². The number of halogens is 1. The van der Waals surface area contributed by atoms with Crippen LogP contribution in [0.1, 0.15) is 11.1 Å². The van der Waals surface area contributed by atoms with Gasteiger partial charge >= 0.3 is 0 Å². The van der Waals surface area contributed by atoms with Crippen LogP contribution in [0.4, 0.5) is 5.69 Å². The van der Waals surface area contributed by atoms with E-state index in [4.69, 9.17) is 11.6 Å². The number of rotatable bonds is 7. The normalized spacial score (nSPS) is 10.8. The van der Waals surface area contributed by atoms with Crippen molar-refractivity contribution < 1.29 is 4.79 Å². The SMILES string of the molecule is N#C/C(=C/N(Cc1ccccc1)c1ccccc1)C(=O)NCc1ccccc1Cl. The number of nitrogens with zero attached hydrogens (tertiary/aromatic N) is 2. The largest absolute Gasteiger partial charge is 0.347 e. The molecular formula is C24H20ClN3O. The Morgan fingerprint density at radius 2 is 1.59 bits per heavy atom. The molecule has 5 heteroatoms. The van der Waals surface area contributed by atoms with Gasteiger partial charge in [0.05, 0.1) is 0 Å². The Hall–Kier alpha value is -3.55. The number of anilines is 1. The van der Waals surface area contributed by atoms with Crippen molar-refractivity contribution >= 4 is 23.2 Å². The second kappa shape index (κ2) is 10.1. The average molecular weight is 402 g/mol. The summed E-state index contributed by atoms with van der Waals surface area (Å²) < 4.78 is 0. The summed E-state index contributed by atoms with van der Waals surface area (Å²) in [6.45, 7) is 0.787. The lowest BCUT2D eigenvalue weighted by Gasteiger charge is -2.21. The molecule has 0 unspecified atom stereocenters. The van der Waals surface area contributed by atoms with E-state index in [1.165, 1.54) is 0 Å². The summed E-state index contributed by atoms with van der Waals surface area (Å²) in [5, 5.41) is 12.9. The van der Waals surface area contributed by atoms with Crippen molar-refractivity contribution in [3.63, 3.8) is 0 Å². The third-order valence-electron chi connectivity index (χ3n) is 4.33. The smallest absolute Gasteiger partial charge is 0.263 e. The minimum atomic E-state index is -0.443. The predicted octanol–water partition coefficient (Wildman–Crippen LogP) is 5.07. The molecule has 0 aliphatic carbocycles. The number of amides is 1. The number of nitrogens with one attached hydrogen (secondary N) is 1. The van der Waals surface area contributed by atoms with E-state index in [9.17, 15) is 10.1 Å². The summed E-state index contributed by atoms with van der Waals surface area (Å²) in [5.41, 5.74) is 2.78. The van der Waals surface area contributed by atoms with Crippen LogP contribution in [0.15, 0.2) is 96.7 Å². The highest BCUT2D eigenvalue weighted by Gasteiger charge is 2.13. The van der Waals surface area contributed by atoms with Crippen molar-refractivity contribution in [1.82, 2.24) is 5.32 Å². The molecule has 3 aromatic rings. The fourth-order valence-corrected chi connectivity index (χ4v) is 3.02. The van der Waals surface area contributed by atoms with Crippen LogP contribution in [0.2, 0.25) is 5.02 Å². The fraction of sp³-hybridized carbons (Fsp3) is 0.0833. The topological polar surface area (TPSA) is 56.1 Å². The zero-order chi connectivity index (χ0) is 20.5. The van der Waals surface area contributed by atoms with Crippen molar-refractivity contribution in [2.24, 2.45) is 0 Å². The standard InChI is InChI=1S/C24H20ClN3O/c25-23-14-8-7-11-20(23)16-27-24(29)21(15-26)18-28(22-12-5-2-6-13-22)17-19-9-3-1-4-10-19/h1-14,18H,16-17H2,(H,27,29)/b21-18-. The number of hydrogen-bond acceptors (Lipinski definition) is 3. The highest BCUT2D eigenvalue weighted by molar-refractivity contribution is 6.31. The van der Waals surface area contributed by atoms with Gasteiger partial charge in [-0.2, -0.15) is 5.26 Å². The van der Waals surface area contributed by atoms with Gasteiger partial charge in [0.25, 0.3) is 5.91 Å². The lowest BCUT2D eigenvalue weighted by atomic mass is 10.2. The van der Waals surface area contributed by atoms with Crippen molar-refractivity contribution in [2.75, 3.05) is 4.90 Å². The molecule has 0 heterocycles. The molecule has 0 radical (unpaired) electrons. The molecule has 4 nitrogen and oxygen atoms in total. The van der Waals surface area contributed by atoms with E-state index >= 15 is 0 Å². The van der Waals surface area contributed by atoms with Gasteiger partial charge in [-0.3, -0.25) is 4.79 Å². The van der Waals surface area contributed by atoms with Crippen molar-refractivity contribution in [1.29, 1.82) is 5.26 Å². The molecule has 0 bridgehead atoms. The monoisotopic (exact) mass is 401 g/mol. The Balaban J connectivity index is 1.81. The average Bonchev–Trinajstić information content (AvgIpc) is 2.77. The molecule has 0 aliphatic rings. The molecular weight excluding hydrogens is 382 g/mol. The highest BCUT2D eigenvalue weighted by Crippen LogP contribution is 2.19. The van der Waals surface area contributed by atoms with Crippen molar-refractivity contribution in [3.8, 4) is 6.07 Å². The highest BCUT2D eigenvalue weighted by atomic mass is 35.5. The van der Waals surface area contributed by atoms with Crippen LogP contribution in [0, 0.1) is 11.3 Å². The van der Waals surface area contributed by atoms with Gasteiger partial charge in [0, 0.05) is 30.0 Å². The van der Waals surface area contributed by atoms with Crippen LogP contribution >= 0.6 is 11.6 Å². The molecule has 1 N–H and O–H groups in total. The molecule has 0 aromatic heterocycles. The summed E-state index contributed by atoms with van der Waals surface area (Å²) in [6.07, 6.45) is 1.59. The molecule has 0 saturated carbocycles. The Labute approximate surface area is 175 Å². The van der Waals surface area contributed by atoms with Crippen molar-refractivity contribution in [2.45, 2.75) is 13.1 Å². The van der Waals surface area contributed by atoms with Gasteiger partial charge in [0.2, 0.25) is 0 Å². The Morgan fingerprint density at radius 1 is 0.966 bits per heavy atom. The maximum Gasteiger partial charge on any atom is 0.263 e. The third kappa shape index (κ3) is 5.71. The van der Waals surface area contributed by atoms with Gasteiger partial charge in [-0.15, -0.1) is 0 Å². The van der Waals surface area contributed by atoms with Crippen LogP contribution in [0.5, 0.6) is 0 Å². The first-order valence-corrected chi connectivity index (χ1v) is 9.54. The van der Waals surface area contributed by atoms with Crippen LogP contribution in [-0.4, -0.2) is 5.91 Å². The molecule has 0 atom stereocenters. The summed E-state index contributed by atoms with van der Waals surface area (Å²) >= 11 is 6.14. The van der Waals surface area contributed by atoms with Gasteiger partial charge < -0.3 is 10.2 Å². The van der Waals surface area contributed by atoms with Crippen LogP contribution in [0.3, 0.4) is 0 Å². The maximum absolute atomic E-state index is 12.6. The maximum atomic E-state index is 12.6. The number of benzene rings is 3. The molecule has 29 heavy (non-hydrogen) atoms. The van der Waals surface area contributed by atoms with E-state index in [1.54, 1.807) is 12.3 Å². The lowest BCUT2D eigenvalue weighted by molar-refractivity contribution is -0.117. The minimum absolute atomic E-state index is 0.0248. The van der Waals surface area contributed by atoms with E-state index in [0.29, 0.717) is 11.6 Å². The molecule has 0 spiro atoms. The first kappa shape index (κ1) is 20.2. The number of nitriles is 1. The van der Waals surface area contributed by atoms with Crippen molar-refractivity contribution in [3.05, 3.63) is 113 Å². The second-order valence-electron chi connectivity index (χ2n) is 6.38. The van der Waals surface area contributed by atoms with E-state index in [2.05, 4.69) is 5.32 Å². The third-order valence-corrected chi connectivity index (χ3v) is 4.70. The first-order chi connectivity index (χ1) is 14.2. The fourth-order valence-electron chi connectivity index (χ4n) is 2.82. The second-order valence-corrected chi connectivity index (χ2v) is 6.78. The quantitative estimate of drug-likeness (QED) is 0.444. The summed E-state index contributed by atoms with van der Waals surface area (Å²) in [5.74, 6) is -0.443. The number of para-hydroxylation sites is 1. The van der Waals surface area contributed by atoms with Gasteiger partial charge in [-0.25, -0.2) is 0 Å². The Bertz CT molecular complexity index is 1030. The van der Waals surface area contributed by atoms with Crippen LogP contribution < -0.4 is 10.2 Å². The summed E-state index contributed by atoms with van der Waals surface area (Å²) in [4.78, 5) is 14.5. The van der Waals surface area contributed by atoms with Gasteiger partial charge in [0.1, 0.15) is 11.6 Å². The molecule has 0 saturated heterocycles. The molecule has 3 aromatic carbocycles. The molecule has 3 rings (SSSR count). The number of hydrogen-bond donors (Lipinski definition) is 1. The van der Waals surface area contributed by atoms with Gasteiger partial charge in [0.15, 0.2) is 0 Å². The van der Waals surface area contributed by atoms with E-state index in [-0.39, 0.29) is 12.1 Å². The van der Waals surface area contributed by atoms with Crippen LogP contribution in [0.25, 0.3) is 0 Å².